The zero-order valence-electron chi connectivity index (χ0n) is 7.50. The van der Waals surface area contributed by atoms with Crippen LogP contribution in [0.5, 0.6) is 0 Å². The molecule has 1 heterocycles. The highest BCUT2D eigenvalue weighted by Crippen LogP contribution is 2.36. The Morgan fingerprint density at radius 1 is 1.20 bits per heavy atom. The lowest BCUT2D eigenvalue weighted by atomic mass is 9.97. The first-order valence-corrected chi connectivity index (χ1v) is 5.03. The third kappa shape index (κ3) is 1.85. The number of ether oxygens (including phenoxy) is 1. The summed E-state index contributed by atoms with van der Waals surface area (Å²) >= 11 is 11.8. The summed E-state index contributed by atoms with van der Waals surface area (Å²) in [5, 5.41) is 0.748. The molecule has 0 aromatic heterocycles. The van der Waals surface area contributed by atoms with Crippen molar-refractivity contribution in [3.05, 3.63) is 33.8 Å². The van der Waals surface area contributed by atoms with Gasteiger partial charge in [-0.15, -0.1) is 0 Å². The third-order valence-electron chi connectivity index (χ3n) is 2.22. The van der Waals surface area contributed by atoms with Crippen molar-refractivity contribution >= 4 is 35.1 Å². The molecule has 0 bridgehead atoms. The lowest BCUT2D eigenvalue weighted by Gasteiger charge is -2.09. The Bertz CT molecular complexity index is 422. The first-order chi connectivity index (χ1) is 7.09. The predicted octanol–water partition coefficient (Wildman–Crippen LogP) is 2.55. The largest absolute Gasteiger partial charge is 0.393 e. The van der Waals surface area contributed by atoms with E-state index >= 15 is 0 Å². The Hall–Kier alpha value is -1.06. The van der Waals surface area contributed by atoms with Gasteiger partial charge in [0.1, 0.15) is 0 Å². The van der Waals surface area contributed by atoms with Gasteiger partial charge in [0.05, 0.1) is 12.3 Å². The molecule has 0 spiro atoms. The van der Waals surface area contributed by atoms with Crippen LogP contribution in [-0.2, 0) is 14.3 Å². The van der Waals surface area contributed by atoms with Crippen LogP contribution in [0.4, 0.5) is 0 Å². The number of carbonyl (C=O) groups is 2. The van der Waals surface area contributed by atoms with E-state index in [0.29, 0.717) is 15.6 Å². The zero-order chi connectivity index (χ0) is 11.0. The summed E-state index contributed by atoms with van der Waals surface area (Å²) in [5.41, 5.74) is 0.469. The molecule has 1 unspecified atom stereocenters. The molecule has 5 heteroatoms. The number of hydrogen-bond donors (Lipinski definition) is 0. The molecule has 1 aromatic carbocycles. The molecule has 3 nitrogen and oxygen atoms in total. The van der Waals surface area contributed by atoms with Crippen molar-refractivity contribution in [1.82, 2.24) is 0 Å². The normalized spacial score (nSPS) is 20.5. The van der Waals surface area contributed by atoms with Gasteiger partial charge in [-0.25, -0.2) is 0 Å². The van der Waals surface area contributed by atoms with Crippen LogP contribution in [0.15, 0.2) is 18.2 Å². The van der Waals surface area contributed by atoms with Crippen LogP contribution in [0.25, 0.3) is 0 Å². The number of benzene rings is 1. The lowest BCUT2D eigenvalue weighted by molar-refractivity contribution is -0.152. The van der Waals surface area contributed by atoms with Crippen molar-refractivity contribution in [3.63, 3.8) is 0 Å². The molecular formula is C10H6Cl2O3. The van der Waals surface area contributed by atoms with Crippen LogP contribution in [-0.4, -0.2) is 11.9 Å². The molecule has 1 fully saturated rings. The van der Waals surface area contributed by atoms with Crippen LogP contribution < -0.4 is 0 Å². The highest BCUT2D eigenvalue weighted by Gasteiger charge is 2.37. The fraction of sp³-hybridized carbons (Fsp3) is 0.200. The molecule has 1 saturated heterocycles. The summed E-state index contributed by atoms with van der Waals surface area (Å²) in [4.78, 5) is 22.3. The molecule has 0 saturated carbocycles. The van der Waals surface area contributed by atoms with Crippen molar-refractivity contribution in [1.29, 1.82) is 0 Å². The van der Waals surface area contributed by atoms with Crippen molar-refractivity contribution in [2.24, 2.45) is 0 Å². The highest BCUT2D eigenvalue weighted by atomic mass is 35.5. The average molecular weight is 245 g/mol. The van der Waals surface area contributed by atoms with Crippen LogP contribution >= 0.6 is 23.2 Å². The second-order valence-electron chi connectivity index (χ2n) is 3.19. The molecule has 1 aliphatic heterocycles. The predicted molar refractivity (Wildman–Crippen MR) is 54.9 cm³/mol. The zero-order valence-corrected chi connectivity index (χ0v) is 9.01. The minimum absolute atomic E-state index is 0.00227. The minimum atomic E-state index is -0.668. The van der Waals surface area contributed by atoms with Crippen LogP contribution in [0.1, 0.15) is 17.9 Å². The molecule has 1 atom stereocenters. The monoisotopic (exact) mass is 244 g/mol. The summed E-state index contributed by atoms with van der Waals surface area (Å²) in [6.45, 7) is 0. The average Bonchev–Trinajstić information content (AvgIpc) is 2.45. The van der Waals surface area contributed by atoms with Crippen molar-refractivity contribution in [3.8, 4) is 0 Å². The molecule has 0 radical (unpaired) electrons. The second kappa shape index (κ2) is 3.83. The van der Waals surface area contributed by atoms with E-state index in [1.54, 1.807) is 18.2 Å². The van der Waals surface area contributed by atoms with E-state index in [9.17, 15) is 9.59 Å². The van der Waals surface area contributed by atoms with E-state index in [1.165, 1.54) is 0 Å². The fourth-order valence-corrected chi connectivity index (χ4v) is 2.20. The fourth-order valence-electron chi connectivity index (χ4n) is 1.54. The van der Waals surface area contributed by atoms with E-state index < -0.39 is 17.9 Å². The molecule has 0 aliphatic carbocycles. The molecule has 0 N–H and O–H groups in total. The van der Waals surface area contributed by atoms with E-state index in [-0.39, 0.29) is 6.42 Å². The van der Waals surface area contributed by atoms with Gasteiger partial charge in [-0.3, -0.25) is 9.59 Å². The molecular weight excluding hydrogens is 239 g/mol. The Kier molecular flexibility index (Phi) is 2.67. The summed E-state index contributed by atoms with van der Waals surface area (Å²) in [7, 11) is 0. The van der Waals surface area contributed by atoms with Gasteiger partial charge in [0, 0.05) is 15.6 Å². The maximum Gasteiger partial charge on any atom is 0.321 e. The molecule has 1 aromatic rings. The summed E-state index contributed by atoms with van der Waals surface area (Å²) in [6, 6.07) is 4.92. The van der Waals surface area contributed by atoms with Crippen LogP contribution in [0.3, 0.4) is 0 Å². The summed E-state index contributed by atoms with van der Waals surface area (Å²) < 4.78 is 4.44. The molecule has 1 aliphatic rings. The molecule has 2 rings (SSSR count). The Labute approximate surface area is 95.9 Å². The Morgan fingerprint density at radius 2 is 1.80 bits per heavy atom. The Morgan fingerprint density at radius 3 is 2.27 bits per heavy atom. The van der Waals surface area contributed by atoms with Gasteiger partial charge in [-0.1, -0.05) is 29.3 Å². The summed E-state index contributed by atoms with van der Waals surface area (Å²) in [5.74, 6) is -1.80. The first kappa shape index (κ1) is 10.5. The van der Waals surface area contributed by atoms with Crippen molar-refractivity contribution in [2.45, 2.75) is 12.3 Å². The van der Waals surface area contributed by atoms with Crippen LogP contribution in [0, 0.1) is 0 Å². The number of halogens is 2. The number of cyclic esters (lactones) is 2. The van der Waals surface area contributed by atoms with E-state index in [1.807, 2.05) is 0 Å². The first-order valence-electron chi connectivity index (χ1n) is 4.28. The topological polar surface area (TPSA) is 43.4 Å². The van der Waals surface area contributed by atoms with Gasteiger partial charge < -0.3 is 4.74 Å². The number of esters is 2. The van der Waals surface area contributed by atoms with Crippen LogP contribution in [0.2, 0.25) is 10.0 Å². The third-order valence-corrected chi connectivity index (χ3v) is 2.88. The van der Waals surface area contributed by atoms with Crippen molar-refractivity contribution in [2.75, 3.05) is 0 Å². The SMILES string of the molecule is O=C1CC(c2c(Cl)cccc2Cl)C(=O)O1. The number of rotatable bonds is 1. The number of hydrogen-bond acceptors (Lipinski definition) is 3. The second-order valence-corrected chi connectivity index (χ2v) is 4.00. The Balaban J connectivity index is 2.46. The number of carbonyl (C=O) groups excluding carboxylic acids is 2. The van der Waals surface area contributed by atoms with Crippen molar-refractivity contribution < 1.29 is 14.3 Å². The standard InChI is InChI=1S/C10H6Cl2O3/c11-6-2-1-3-7(12)9(6)5-4-8(13)15-10(5)14/h1-3,5H,4H2. The van der Waals surface area contributed by atoms with E-state index in [0.717, 1.165) is 0 Å². The van der Waals surface area contributed by atoms with Gasteiger partial charge in [-0.05, 0) is 12.1 Å². The van der Waals surface area contributed by atoms with E-state index in [4.69, 9.17) is 23.2 Å². The lowest BCUT2D eigenvalue weighted by Crippen LogP contribution is -2.06. The molecule has 0 amide bonds. The highest BCUT2D eigenvalue weighted by molar-refractivity contribution is 6.36. The van der Waals surface area contributed by atoms with Gasteiger partial charge in [0.15, 0.2) is 0 Å². The minimum Gasteiger partial charge on any atom is -0.393 e. The quantitative estimate of drug-likeness (QED) is 0.564. The maximum atomic E-state index is 11.3. The molecule has 15 heavy (non-hydrogen) atoms. The van der Waals surface area contributed by atoms with Gasteiger partial charge in [0.25, 0.3) is 0 Å². The van der Waals surface area contributed by atoms with Gasteiger partial charge in [-0.2, -0.15) is 0 Å². The smallest absolute Gasteiger partial charge is 0.321 e. The maximum absolute atomic E-state index is 11.3. The van der Waals surface area contributed by atoms with E-state index in [2.05, 4.69) is 4.74 Å². The van der Waals surface area contributed by atoms with Gasteiger partial charge in [0.2, 0.25) is 0 Å². The van der Waals surface area contributed by atoms with Gasteiger partial charge >= 0.3 is 11.9 Å². The molecule has 78 valence electrons. The summed E-state index contributed by atoms with van der Waals surface area (Å²) in [6.07, 6.45) is 0.00227.